The first-order chi connectivity index (χ1) is 19.7. The summed E-state index contributed by atoms with van der Waals surface area (Å²) in [5.41, 5.74) is 4.94. The average Bonchev–Trinajstić information content (AvgIpc) is 3.38. The minimum absolute atomic E-state index is 0.0198. The number of carbonyl (C=O) groups is 3. The number of carboxylic acids is 1. The highest BCUT2D eigenvalue weighted by molar-refractivity contribution is 5.88. The number of nitrogens with one attached hydrogen (secondary N) is 2. The molecule has 0 radical (unpaired) electrons. The molecule has 2 amide bonds. The topological polar surface area (TPSA) is 114 Å². The first-order valence-electron chi connectivity index (χ1n) is 13.3. The lowest BCUT2D eigenvalue weighted by molar-refractivity contribution is -0.147. The highest BCUT2D eigenvalue weighted by Gasteiger charge is 2.71. The van der Waals surface area contributed by atoms with E-state index in [1.165, 1.54) is 6.92 Å². The first-order valence-corrected chi connectivity index (χ1v) is 13.3. The van der Waals surface area contributed by atoms with Gasteiger partial charge in [0, 0.05) is 12.5 Å². The quantitative estimate of drug-likeness (QED) is 0.314. The number of carboxylic acid groups (broad SMARTS) is 1. The van der Waals surface area contributed by atoms with Crippen LogP contribution in [0.4, 0.5) is 13.6 Å². The zero-order valence-electron chi connectivity index (χ0n) is 22.3. The third kappa shape index (κ3) is 5.92. The number of fused-ring (bicyclic) bond motifs is 3. The van der Waals surface area contributed by atoms with Gasteiger partial charge in [0.25, 0.3) is 5.92 Å². The molecule has 4 atom stereocenters. The lowest BCUT2D eigenvalue weighted by Crippen LogP contribution is -2.49. The summed E-state index contributed by atoms with van der Waals surface area (Å²) in [6.07, 6.45) is -1.86. The van der Waals surface area contributed by atoms with Gasteiger partial charge >= 0.3 is 12.1 Å². The molecular formula is C31H30F2N2O6. The van der Waals surface area contributed by atoms with Gasteiger partial charge in [-0.1, -0.05) is 78.9 Å². The van der Waals surface area contributed by atoms with Crippen molar-refractivity contribution < 1.29 is 37.7 Å². The van der Waals surface area contributed by atoms with Gasteiger partial charge in [0.1, 0.15) is 12.5 Å². The van der Waals surface area contributed by atoms with E-state index in [1.807, 2.05) is 54.6 Å². The Hall–Kier alpha value is -4.31. The first kappa shape index (κ1) is 28.2. The second-order valence-corrected chi connectivity index (χ2v) is 10.3. The lowest BCUT2D eigenvalue weighted by atomic mass is 9.98. The SMILES string of the molecule is C[C@H](OCc1ccccc1)[C@@H](NC(=O)C1C(CNC(=O)OCC2c3ccccc3-c3ccccc32)C1(F)F)C(=O)O. The maximum atomic E-state index is 14.5. The number of halogens is 2. The van der Waals surface area contributed by atoms with Gasteiger partial charge in [0.15, 0.2) is 6.04 Å². The zero-order valence-corrected chi connectivity index (χ0v) is 22.3. The van der Waals surface area contributed by atoms with Crippen LogP contribution in [0.15, 0.2) is 78.9 Å². The monoisotopic (exact) mass is 564 g/mol. The van der Waals surface area contributed by atoms with E-state index < -0.39 is 54.4 Å². The van der Waals surface area contributed by atoms with Crippen molar-refractivity contribution in [1.29, 1.82) is 0 Å². The molecule has 2 aliphatic rings. The number of rotatable bonds is 11. The maximum Gasteiger partial charge on any atom is 0.407 e. The maximum absolute atomic E-state index is 14.5. The Kier molecular flexibility index (Phi) is 8.03. The van der Waals surface area contributed by atoms with Crippen LogP contribution in [0.3, 0.4) is 0 Å². The van der Waals surface area contributed by atoms with Crippen molar-refractivity contribution in [3.63, 3.8) is 0 Å². The van der Waals surface area contributed by atoms with Crippen LogP contribution < -0.4 is 10.6 Å². The van der Waals surface area contributed by atoms with Crippen LogP contribution in [0, 0.1) is 11.8 Å². The van der Waals surface area contributed by atoms with Crippen molar-refractivity contribution in [2.75, 3.05) is 13.2 Å². The number of ether oxygens (including phenoxy) is 2. The number of hydrogen-bond acceptors (Lipinski definition) is 5. The smallest absolute Gasteiger partial charge is 0.407 e. The van der Waals surface area contributed by atoms with Gasteiger partial charge in [-0.05, 0) is 34.7 Å². The molecule has 0 aliphatic heterocycles. The van der Waals surface area contributed by atoms with Crippen LogP contribution in [0.25, 0.3) is 11.1 Å². The van der Waals surface area contributed by atoms with Gasteiger partial charge in [0.05, 0.1) is 18.6 Å². The number of amides is 2. The fourth-order valence-electron chi connectivity index (χ4n) is 5.37. The standard InChI is InChI=1S/C31H30F2N2O6/c1-18(40-16-19-9-3-2-4-10-19)27(29(37)38)35-28(36)26-25(31(26,32)33)15-34-30(39)41-17-24-22-13-7-5-11-20(22)21-12-6-8-14-23(21)24/h2-14,18,24-27H,15-17H2,1H3,(H,34,39)(H,35,36)(H,37,38)/t18-,25?,26?,27+/m0/s1. The molecule has 2 aliphatic carbocycles. The van der Waals surface area contributed by atoms with Gasteiger partial charge in [-0.25, -0.2) is 18.4 Å². The number of benzene rings is 3. The second-order valence-electron chi connectivity index (χ2n) is 10.3. The van der Waals surface area contributed by atoms with E-state index in [2.05, 4.69) is 10.6 Å². The molecule has 0 heterocycles. The molecule has 0 bridgehead atoms. The summed E-state index contributed by atoms with van der Waals surface area (Å²) in [4.78, 5) is 36.8. The predicted molar refractivity (Wildman–Crippen MR) is 145 cm³/mol. The largest absolute Gasteiger partial charge is 0.480 e. The third-order valence-corrected chi connectivity index (χ3v) is 7.68. The fraction of sp³-hybridized carbons (Fsp3) is 0.323. The van der Waals surface area contributed by atoms with Gasteiger partial charge in [-0.3, -0.25) is 4.79 Å². The number of alkyl halides is 2. The van der Waals surface area contributed by atoms with E-state index in [0.717, 1.165) is 27.8 Å². The molecule has 3 aromatic carbocycles. The molecule has 0 aromatic heterocycles. The molecule has 1 saturated carbocycles. The van der Waals surface area contributed by atoms with Crippen molar-refractivity contribution in [3.8, 4) is 11.1 Å². The lowest BCUT2D eigenvalue weighted by Gasteiger charge is -2.22. The highest BCUT2D eigenvalue weighted by Crippen LogP contribution is 2.55. The number of carbonyl (C=O) groups excluding carboxylic acids is 2. The number of aliphatic carboxylic acids is 1. The highest BCUT2D eigenvalue weighted by atomic mass is 19.3. The summed E-state index contributed by atoms with van der Waals surface area (Å²) in [5.74, 6) is -9.38. The molecule has 1 fully saturated rings. The Balaban J connectivity index is 1.12. The van der Waals surface area contributed by atoms with Gasteiger partial charge in [0.2, 0.25) is 5.91 Å². The van der Waals surface area contributed by atoms with Crippen molar-refractivity contribution in [2.45, 2.75) is 37.5 Å². The van der Waals surface area contributed by atoms with Crippen LogP contribution in [-0.2, 0) is 25.7 Å². The Morgan fingerprint density at radius 1 is 0.927 bits per heavy atom. The number of hydrogen-bond donors (Lipinski definition) is 3. The Labute approximate surface area is 235 Å². The van der Waals surface area contributed by atoms with E-state index in [4.69, 9.17) is 9.47 Å². The fourth-order valence-corrected chi connectivity index (χ4v) is 5.37. The molecule has 41 heavy (non-hydrogen) atoms. The van der Waals surface area contributed by atoms with Crippen LogP contribution in [-0.4, -0.2) is 54.3 Å². The Morgan fingerprint density at radius 2 is 1.51 bits per heavy atom. The van der Waals surface area contributed by atoms with Crippen LogP contribution in [0.5, 0.6) is 0 Å². The van der Waals surface area contributed by atoms with Crippen molar-refractivity contribution in [3.05, 3.63) is 95.6 Å². The summed E-state index contributed by atoms with van der Waals surface area (Å²) in [7, 11) is 0. The summed E-state index contributed by atoms with van der Waals surface area (Å²) < 4.78 is 40.0. The third-order valence-electron chi connectivity index (χ3n) is 7.68. The van der Waals surface area contributed by atoms with Gasteiger partial charge < -0.3 is 25.2 Å². The molecule has 0 spiro atoms. The van der Waals surface area contributed by atoms with Crippen LogP contribution in [0.2, 0.25) is 0 Å². The van der Waals surface area contributed by atoms with Crippen molar-refractivity contribution >= 4 is 18.0 Å². The van der Waals surface area contributed by atoms with Crippen molar-refractivity contribution in [2.24, 2.45) is 11.8 Å². The molecule has 214 valence electrons. The second kappa shape index (κ2) is 11.7. The molecule has 5 rings (SSSR count). The van der Waals surface area contributed by atoms with E-state index in [0.29, 0.717) is 0 Å². The summed E-state index contributed by atoms with van der Waals surface area (Å²) in [6.45, 7) is 1.06. The predicted octanol–water partition coefficient (Wildman–Crippen LogP) is 4.58. The van der Waals surface area contributed by atoms with Gasteiger partial charge in [-0.15, -0.1) is 0 Å². The van der Waals surface area contributed by atoms with Crippen LogP contribution in [0.1, 0.15) is 29.5 Å². The Bertz CT molecular complexity index is 1390. The molecule has 3 aromatic rings. The van der Waals surface area contributed by atoms with Crippen molar-refractivity contribution in [1.82, 2.24) is 10.6 Å². The van der Waals surface area contributed by atoms with E-state index >= 15 is 0 Å². The van der Waals surface area contributed by atoms with E-state index in [9.17, 15) is 28.3 Å². The molecule has 10 heteroatoms. The molecule has 0 saturated heterocycles. The Morgan fingerprint density at radius 3 is 2.12 bits per heavy atom. The summed E-state index contributed by atoms with van der Waals surface area (Å²) in [5, 5.41) is 14.1. The molecule has 8 nitrogen and oxygen atoms in total. The summed E-state index contributed by atoms with van der Waals surface area (Å²) in [6, 6.07) is 23.1. The van der Waals surface area contributed by atoms with Gasteiger partial charge in [-0.2, -0.15) is 0 Å². The van der Waals surface area contributed by atoms with E-state index in [1.54, 1.807) is 24.3 Å². The number of alkyl carbamates (subject to hydrolysis) is 1. The van der Waals surface area contributed by atoms with Crippen LogP contribution >= 0.6 is 0 Å². The normalized spacial score (nSPS) is 19.8. The minimum atomic E-state index is -3.40. The molecule has 3 N–H and O–H groups in total. The van der Waals surface area contributed by atoms with E-state index in [-0.39, 0.29) is 19.1 Å². The zero-order chi connectivity index (χ0) is 29.1. The molecule has 2 unspecified atom stereocenters. The average molecular weight is 565 g/mol. The minimum Gasteiger partial charge on any atom is -0.480 e. The molecular weight excluding hydrogens is 534 g/mol. The summed E-state index contributed by atoms with van der Waals surface area (Å²) >= 11 is 0.